The zero-order chi connectivity index (χ0) is 13.3. The van der Waals surface area contributed by atoms with Gasteiger partial charge >= 0.3 is 0 Å². The maximum atomic E-state index is 9.49. The predicted octanol–water partition coefficient (Wildman–Crippen LogP) is 3.58. The summed E-state index contributed by atoms with van der Waals surface area (Å²) in [5.41, 5.74) is -0.0663. The smallest absolute Gasteiger partial charge is 0.0610 e. The quantitative estimate of drug-likeness (QED) is 0.630. The van der Waals surface area contributed by atoms with Crippen molar-refractivity contribution in [2.45, 2.75) is 76.0 Å². The molecular weight excluding hydrogens is 242 g/mol. The Labute approximate surface area is 117 Å². The van der Waals surface area contributed by atoms with Crippen molar-refractivity contribution in [2.75, 3.05) is 18.9 Å². The lowest BCUT2D eigenvalue weighted by Gasteiger charge is -2.29. The van der Waals surface area contributed by atoms with Crippen LogP contribution in [0.2, 0.25) is 0 Å². The summed E-state index contributed by atoms with van der Waals surface area (Å²) in [7, 11) is 0. The highest BCUT2D eigenvalue weighted by molar-refractivity contribution is 7.99. The van der Waals surface area contributed by atoms with Gasteiger partial charge in [0.05, 0.1) is 6.61 Å². The van der Waals surface area contributed by atoms with Crippen LogP contribution in [0.4, 0.5) is 0 Å². The third-order valence-electron chi connectivity index (χ3n) is 3.93. The van der Waals surface area contributed by atoms with Gasteiger partial charge in [-0.05, 0) is 51.3 Å². The van der Waals surface area contributed by atoms with Gasteiger partial charge in [0, 0.05) is 10.8 Å². The summed E-state index contributed by atoms with van der Waals surface area (Å²) < 4.78 is 0. The van der Waals surface area contributed by atoms with Gasteiger partial charge in [-0.25, -0.2) is 0 Å². The van der Waals surface area contributed by atoms with E-state index in [2.05, 4.69) is 30.9 Å². The van der Waals surface area contributed by atoms with Crippen molar-refractivity contribution < 1.29 is 5.11 Å². The van der Waals surface area contributed by atoms with Crippen molar-refractivity contribution in [2.24, 2.45) is 0 Å². The van der Waals surface area contributed by atoms with E-state index in [0.717, 1.165) is 24.6 Å². The Bertz CT molecular complexity index is 207. The van der Waals surface area contributed by atoms with Gasteiger partial charge < -0.3 is 10.4 Å². The van der Waals surface area contributed by atoms with Gasteiger partial charge in [0.2, 0.25) is 0 Å². The number of rotatable bonds is 9. The maximum Gasteiger partial charge on any atom is 0.0610 e. The van der Waals surface area contributed by atoms with E-state index in [1.54, 1.807) is 0 Å². The highest BCUT2D eigenvalue weighted by atomic mass is 32.2. The molecule has 1 rings (SSSR count). The number of hydrogen-bond acceptors (Lipinski definition) is 3. The number of thioether (sulfide) groups is 1. The summed E-state index contributed by atoms with van der Waals surface area (Å²) >= 11 is 2.16. The molecule has 1 aliphatic carbocycles. The van der Waals surface area contributed by atoms with E-state index in [-0.39, 0.29) is 12.1 Å². The molecule has 0 heterocycles. The van der Waals surface area contributed by atoms with E-state index in [1.165, 1.54) is 44.3 Å². The van der Waals surface area contributed by atoms with E-state index < -0.39 is 0 Å². The van der Waals surface area contributed by atoms with Crippen LogP contribution in [0.1, 0.15) is 65.2 Å². The second-order valence-corrected chi connectivity index (χ2v) is 7.29. The Hall–Kier alpha value is 0.270. The van der Waals surface area contributed by atoms with Crippen LogP contribution in [0.5, 0.6) is 0 Å². The zero-order valence-corrected chi connectivity index (χ0v) is 13.0. The molecule has 0 spiro atoms. The molecule has 0 radical (unpaired) electrons. The number of nitrogens with one attached hydrogen (secondary N) is 1. The minimum Gasteiger partial charge on any atom is -0.394 e. The Kier molecular flexibility index (Phi) is 8.36. The fourth-order valence-electron chi connectivity index (χ4n) is 2.59. The van der Waals surface area contributed by atoms with Crippen molar-refractivity contribution in [3.8, 4) is 0 Å². The van der Waals surface area contributed by atoms with Crippen LogP contribution in [-0.2, 0) is 0 Å². The minimum atomic E-state index is -0.0663. The van der Waals surface area contributed by atoms with Crippen LogP contribution in [0, 0.1) is 0 Å². The summed E-state index contributed by atoms with van der Waals surface area (Å²) in [6.45, 7) is 5.57. The van der Waals surface area contributed by atoms with Gasteiger partial charge in [-0.15, -0.1) is 0 Å². The van der Waals surface area contributed by atoms with Crippen molar-refractivity contribution >= 4 is 11.8 Å². The third kappa shape index (κ3) is 6.44. The SMILES string of the molecule is CCCNC(C)(CO)CCCSC1CCCCC1. The van der Waals surface area contributed by atoms with Crippen molar-refractivity contribution in [3.05, 3.63) is 0 Å². The number of hydrogen-bond donors (Lipinski definition) is 2. The molecule has 1 unspecified atom stereocenters. The second kappa shape index (κ2) is 9.22. The van der Waals surface area contributed by atoms with Gasteiger partial charge in [-0.3, -0.25) is 0 Å². The summed E-state index contributed by atoms with van der Waals surface area (Å²) in [5.74, 6) is 1.26. The first-order chi connectivity index (χ1) is 8.70. The average molecular weight is 273 g/mol. The Morgan fingerprint density at radius 3 is 2.61 bits per heavy atom. The second-order valence-electron chi connectivity index (χ2n) is 5.88. The molecule has 1 saturated carbocycles. The summed E-state index contributed by atoms with van der Waals surface area (Å²) in [6, 6.07) is 0. The number of aliphatic hydroxyl groups is 1. The monoisotopic (exact) mass is 273 g/mol. The summed E-state index contributed by atoms with van der Waals surface area (Å²) in [5, 5.41) is 13.9. The van der Waals surface area contributed by atoms with Crippen LogP contribution in [0.3, 0.4) is 0 Å². The largest absolute Gasteiger partial charge is 0.394 e. The summed E-state index contributed by atoms with van der Waals surface area (Å²) in [4.78, 5) is 0. The Morgan fingerprint density at radius 2 is 2.00 bits per heavy atom. The highest BCUT2D eigenvalue weighted by Gasteiger charge is 2.21. The van der Waals surface area contributed by atoms with E-state index in [9.17, 15) is 5.11 Å². The lowest BCUT2D eigenvalue weighted by Crippen LogP contribution is -2.46. The first kappa shape index (κ1) is 16.3. The standard InChI is InChI=1S/C15H31NOS/c1-3-11-16-15(2,13-17)10-7-12-18-14-8-5-4-6-9-14/h14,16-17H,3-13H2,1-2H3. The van der Waals surface area contributed by atoms with Gasteiger partial charge in [0.15, 0.2) is 0 Å². The molecule has 0 aromatic rings. The normalized spacial score (nSPS) is 20.8. The molecular formula is C15H31NOS. The first-order valence-electron chi connectivity index (χ1n) is 7.67. The van der Waals surface area contributed by atoms with Crippen LogP contribution in [0.25, 0.3) is 0 Å². The highest BCUT2D eigenvalue weighted by Crippen LogP contribution is 2.29. The molecule has 0 aromatic heterocycles. The van der Waals surface area contributed by atoms with Gasteiger partial charge in [0.25, 0.3) is 0 Å². The van der Waals surface area contributed by atoms with E-state index in [1.807, 2.05) is 0 Å². The molecule has 1 aliphatic rings. The molecule has 0 saturated heterocycles. The van der Waals surface area contributed by atoms with E-state index >= 15 is 0 Å². The summed E-state index contributed by atoms with van der Waals surface area (Å²) in [6.07, 6.45) is 10.6. The molecule has 18 heavy (non-hydrogen) atoms. The van der Waals surface area contributed by atoms with Crippen LogP contribution >= 0.6 is 11.8 Å². The lowest BCUT2D eigenvalue weighted by atomic mass is 9.97. The fourth-order valence-corrected chi connectivity index (χ4v) is 3.91. The van der Waals surface area contributed by atoms with Crippen LogP contribution < -0.4 is 5.32 Å². The number of aliphatic hydroxyl groups excluding tert-OH is 1. The van der Waals surface area contributed by atoms with Crippen molar-refractivity contribution in [3.63, 3.8) is 0 Å². The van der Waals surface area contributed by atoms with Gasteiger partial charge in [0.1, 0.15) is 0 Å². The van der Waals surface area contributed by atoms with Crippen molar-refractivity contribution in [1.29, 1.82) is 0 Å². The lowest BCUT2D eigenvalue weighted by molar-refractivity contribution is 0.165. The molecule has 1 atom stereocenters. The molecule has 1 fully saturated rings. The maximum absolute atomic E-state index is 9.49. The zero-order valence-electron chi connectivity index (χ0n) is 12.2. The fraction of sp³-hybridized carbons (Fsp3) is 1.00. The Morgan fingerprint density at radius 1 is 1.28 bits per heavy atom. The van der Waals surface area contributed by atoms with Gasteiger partial charge in [-0.2, -0.15) is 11.8 Å². The molecule has 2 N–H and O–H groups in total. The molecule has 0 aromatic carbocycles. The van der Waals surface area contributed by atoms with Crippen molar-refractivity contribution in [1.82, 2.24) is 5.32 Å². The molecule has 0 bridgehead atoms. The molecule has 0 aliphatic heterocycles. The molecule has 0 amide bonds. The molecule has 108 valence electrons. The van der Waals surface area contributed by atoms with Crippen LogP contribution in [0.15, 0.2) is 0 Å². The molecule has 3 heteroatoms. The minimum absolute atomic E-state index is 0.0663. The van der Waals surface area contributed by atoms with Crippen LogP contribution in [-0.4, -0.2) is 34.8 Å². The van der Waals surface area contributed by atoms with Gasteiger partial charge in [-0.1, -0.05) is 26.2 Å². The average Bonchev–Trinajstić information content (AvgIpc) is 2.43. The van der Waals surface area contributed by atoms with E-state index in [4.69, 9.17) is 0 Å². The molecule has 2 nitrogen and oxygen atoms in total. The third-order valence-corrected chi connectivity index (χ3v) is 5.40. The Balaban J connectivity index is 2.10. The van der Waals surface area contributed by atoms with E-state index in [0.29, 0.717) is 0 Å². The topological polar surface area (TPSA) is 32.3 Å². The first-order valence-corrected chi connectivity index (χ1v) is 8.72. The predicted molar refractivity (Wildman–Crippen MR) is 82.3 cm³/mol.